The number of alkyl halides is 3. The van der Waals surface area contributed by atoms with E-state index in [1.807, 2.05) is 13.0 Å². The number of halogens is 3. The van der Waals surface area contributed by atoms with Crippen LogP contribution in [0.1, 0.15) is 31.4 Å². The quantitative estimate of drug-likeness (QED) is 0.752. The molecule has 0 radical (unpaired) electrons. The van der Waals surface area contributed by atoms with Crippen LogP contribution in [-0.2, 0) is 6.18 Å². The fraction of sp³-hybridized carbons (Fsp3) is 0.409. The summed E-state index contributed by atoms with van der Waals surface area (Å²) < 4.78 is 38.0. The van der Waals surface area contributed by atoms with E-state index in [0.29, 0.717) is 43.7 Å². The van der Waals surface area contributed by atoms with Gasteiger partial charge in [-0.3, -0.25) is 0 Å². The van der Waals surface area contributed by atoms with Crippen molar-refractivity contribution in [2.45, 2.75) is 32.0 Å². The fourth-order valence-electron chi connectivity index (χ4n) is 3.61. The van der Waals surface area contributed by atoms with Gasteiger partial charge in [0.1, 0.15) is 0 Å². The molecule has 0 atom stereocenters. The number of rotatable bonds is 3. The minimum Gasteiger partial charge on any atom is -0.386 e. The molecule has 1 fully saturated rings. The molecule has 1 aromatic carbocycles. The van der Waals surface area contributed by atoms with Crippen LogP contribution in [0, 0.1) is 0 Å². The van der Waals surface area contributed by atoms with Gasteiger partial charge in [-0.1, -0.05) is 36.4 Å². The highest BCUT2D eigenvalue weighted by Crippen LogP contribution is 2.30. The number of nitrogens with zero attached hydrogens (tertiary/aromatic N) is 2. The Morgan fingerprint density at radius 1 is 1.21 bits per heavy atom. The Morgan fingerprint density at radius 2 is 1.83 bits per heavy atom. The number of β-amino-alcohol motifs (C(OH)–C–C–N with tert-alkyl or cyclic N) is 1. The van der Waals surface area contributed by atoms with Crippen LogP contribution >= 0.6 is 0 Å². The highest BCUT2D eigenvalue weighted by Gasteiger charge is 2.41. The molecule has 7 heteroatoms. The second-order valence-corrected chi connectivity index (χ2v) is 8.05. The second-order valence-electron chi connectivity index (χ2n) is 8.05. The van der Waals surface area contributed by atoms with E-state index in [1.54, 1.807) is 22.8 Å². The third-order valence-electron chi connectivity index (χ3n) is 5.30. The first kappa shape index (κ1) is 21.2. The molecule has 0 unspecified atom stereocenters. The molecule has 156 valence electrons. The number of likely N-dealkylation sites (tertiary alicyclic amines) is 1. The minimum atomic E-state index is -4.35. The first-order valence-corrected chi connectivity index (χ1v) is 9.46. The van der Waals surface area contributed by atoms with E-state index < -0.39 is 17.3 Å². The number of aliphatic hydroxyl groups is 1. The third kappa shape index (κ3) is 4.90. The maximum Gasteiger partial charge on any atom is 0.416 e. The number of hydrogen-bond donors (Lipinski definition) is 1. The van der Waals surface area contributed by atoms with E-state index in [4.69, 9.17) is 0 Å². The number of amides is 2. The van der Waals surface area contributed by atoms with Crippen LogP contribution in [0.15, 0.2) is 54.1 Å². The Balaban J connectivity index is 1.60. The maximum atomic E-state index is 12.7. The molecule has 2 amide bonds. The molecule has 0 aromatic heterocycles. The van der Waals surface area contributed by atoms with Crippen molar-refractivity contribution < 1.29 is 23.1 Å². The molecule has 3 rings (SSSR count). The van der Waals surface area contributed by atoms with Crippen molar-refractivity contribution in [3.63, 3.8) is 0 Å². The number of benzene rings is 1. The lowest BCUT2D eigenvalue weighted by Gasteiger charge is -2.46. The SMILES string of the molecule is C=C(/C=C\C1=C(C)CN(C(=O)N2CC(C)(O)C2)CC1)c1ccc(C(F)(F)F)cc1. The molecule has 4 nitrogen and oxygen atoms in total. The van der Waals surface area contributed by atoms with Crippen LogP contribution in [-0.4, -0.2) is 52.7 Å². The van der Waals surface area contributed by atoms with Crippen LogP contribution < -0.4 is 0 Å². The summed E-state index contributed by atoms with van der Waals surface area (Å²) >= 11 is 0. The summed E-state index contributed by atoms with van der Waals surface area (Å²) in [5.74, 6) is 0. The van der Waals surface area contributed by atoms with Gasteiger partial charge in [-0.25, -0.2) is 4.79 Å². The fourth-order valence-corrected chi connectivity index (χ4v) is 3.61. The van der Waals surface area contributed by atoms with Gasteiger partial charge >= 0.3 is 12.2 Å². The Morgan fingerprint density at radius 3 is 2.34 bits per heavy atom. The number of carbonyl (C=O) groups is 1. The molecular weight excluding hydrogens is 381 g/mol. The number of hydrogen-bond acceptors (Lipinski definition) is 2. The van der Waals surface area contributed by atoms with Crippen molar-refractivity contribution in [1.82, 2.24) is 9.80 Å². The largest absolute Gasteiger partial charge is 0.416 e. The summed E-state index contributed by atoms with van der Waals surface area (Å²) in [5, 5.41) is 9.80. The highest BCUT2D eigenvalue weighted by atomic mass is 19.4. The standard InChI is InChI=1S/C22H25F3N2O2/c1-15(17-6-8-19(9-7-17)22(23,24)25)4-5-18-10-11-26(12-16(18)2)20(28)27-13-21(3,29)14-27/h4-9,29H,1,10-14H2,2-3H3/b5-4-. The zero-order valence-corrected chi connectivity index (χ0v) is 16.6. The van der Waals surface area contributed by atoms with Gasteiger partial charge in [0.15, 0.2) is 0 Å². The number of urea groups is 1. The lowest BCUT2D eigenvalue weighted by Crippen LogP contribution is -2.64. The molecular formula is C22H25F3N2O2. The summed E-state index contributed by atoms with van der Waals surface area (Å²) in [6.45, 7) is 9.42. The first-order valence-electron chi connectivity index (χ1n) is 9.46. The molecule has 1 N–H and O–H groups in total. The Hall–Kier alpha value is -2.54. The van der Waals surface area contributed by atoms with Gasteiger partial charge in [-0.05, 0) is 49.1 Å². The van der Waals surface area contributed by atoms with E-state index in [-0.39, 0.29) is 6.03 Å². The van der Waals surface area contributed by atoms with Crippen molar-refractivity contribution in [3.8, 4) is 0 Å². The molecule has 1 aromatic rings. The molecule has 29 heavy (non-hydrogen) atoms. The molecule has 0 spiro atoms. The van der Waals surface area contributed by atoms with Crippen molar-refractivity contribution in [1.29, 1.82) is 0 Å². The first-order chi connectivity index (χ1) is 13.5. The molecule has 0 bridgehead atoms. The minimum absolute atomic E-state index is 0.0620. The average Bonchev–Trinajstić information content (AvgIpc) is 2.63. The summed E-state index contributed by atoms with van der Waals surface area (Å²) in [6, 6.07) is 4.87. The Labute approximate surface area is 168 Å². The molecule has 2 heterocycles. The monoisotopic (exact) mass is 406 g/mol. The van der Waals surface area contributed by atoms with Crippen LogP contribution in [0.3, 0.4) is 0 Å². The third-order valence-corrected chi connectivity index (χ3v) is 5.30. The van der Waals surface area contributed by atoms with Gasteiger partial charge in [-0.2, -0.15) is 13.2 Å². The Kier molecular flexibility index (Phi) is 5.63. The smallest absolute Gasteiger partial charge is 0.386 e. The van der Waals surface area contributed by atoms with Gasteiger partial charge in [-0.15, -0.1) is 0 Å². The predicted octanol–water partition coefficient (Wildman–Crippen LogP) is 4.48. The highest BCUT2D eigenvalue weighted by molar-refractivity contribution is 5.76. The maximum absolute atomic E-state index is 12.7. The summed E-state index contributed by atoms with van der Waals surface area (Å²) in [7, 11) is 0. The predicted molar refractivity (Wildman–Crippen MR) is 106 cm³/mol. The second kappa shape index (κ2) is 7.71. The Bertz CT molecular complexity index is 859. The molecule has 1 saturated heterocycles. The van der Waals surface area contributed by atoms with Gasteiger partial charge in [0.2, 0.25) is 0 Å². The molecule has 0 aliphatic carbocycles. The van der Waals surface area contributed by atoms with E-state index in [9.17, 15) is 23.1 Å². The zero-order chi connectivity index (χ0) is 21.4. The van der Waals surface area contributed by atoms with Gasteiger partial charge < -0.3 is 14.9 Å². The lowest BCUT2D eigenvalue weighted by molar-refractivity contribution is -0.137. The van der Waals surface area contributed by atoms with Crippen LogP contribution in [0.5, 0.6) is 0 Å². The van der Waals surface area contributed by atoms with Crippen molar-refractivity contribution in [2.24, 2.45) is 0 Å². The number of carbonyl (C=O) groups excluding carboxylic acids is 1. The average molecular weight is 406 g/mol. The van der Waals surface area contributed by atoms with E-state index in [0.717, 1.165) is 23.3 Å². The van der Waals surface area contributed by atoms with Crippen LogP contribution in [0.2, 0.25) is 0 Å². The van der Waals surface area contributed by atoms with Gasteiger partial charge in [0.05, 0.1) is 24.3 Å². The topological polar surface area (TPSA) is 43.8 Å². The van der Waals surface area contributed by atoms with Crippen molar-refractivity contribution in [2.75, 3.05) is 26.2 Å². The summed E-state index contributed by atoms with van der Waals surface area (Å²) in [5.41, 5.74) is 1.94. The number of allylic oxidation sites excluding steroid dienone is 3. The lowest BCUT2D eigenvalue weighted by atomic mass is 9.96. The van der Waals surface area contributed by atoms with E-state index in [1.165, 1.54) is 12.1 Å². The van der Waals surface area contributed by atoms with Gasteiger partial charge in [0, 0.05) is 13.1 Å². The van der Waals surface area contributed by atoms with Crippen molar-refractivity contribution >= 4 is 11.6 Å². The molecule has 2 aliphatic rings. The van der Waals surface area contributed by atoms with E-state index >= 15 is 0 Å². The van der Waals surface area contributed by atoms with E-state index in [2.05, 4.69) is 6.58 Å². The molecule has 2 aliphatic heterocycles. The van der Waals surface area contributed by atoms with Crippen LogP contribution in [0.4, 0.5) is 18.0 Å². The molecule has 0 saturated carbocycles. The summed E-state index contributed by atoms with van der Waals surface area (Å²) in [4.78, 5) is 15.9. The van der Waals surface area contributed by atoms with Crippen LogP contribution in [0.25, 0.3) is 5.57 Å². The van der Waals surface area contributed by atoms with Gasteiger partial charge in [0.25, 0.3) is 0 Å². The summed E-state index contributed by atoms with van der Waals surface area (Å²) in [6.07, 6.45) is 0.0601. The normalized spacial score (nSPS) is 19.5. The zero-order valence-electron chi connectivity index (χ0n) is 16.6. The van der Waals surface area contributed by atoms with Crippen molar-refractivity contribution in [3.05, 3.63) is 65.3 Å².